The van der Waals surface area contributed by atoms with Crippen LogP contribution in [0.3, 0.4) is 0 Å². The van der Waals surface area contributed by atoms with Crippen LogP contribution >= 0.6 is 27.5 Å². The number of hydrogen-bond donors (Lipinski definition) is 2. The van der Waals surface area contributed by atoms with Crippen molar-refractivity contribution >= 4 is 39.7 Å². The summed E-state index contributed by atoms with van der Waals surface area (Å²) in [6.07, 6.45) is 2.73. The van der Waals surface area contributed by atoms with Gasteiger partial charge in [0.2, 0.25) is 0 Å². The molecule has 20 heavy (non-hydrogen) atoms. The summed E-state index contributed by atoms with van der Waals surface area (Å²) in [5.74, 6) is 0.00601. The van der Waals surface area contributed by atoms with Crippen LogP contribution in [0.25, 0.3) is 0 Å². The first-order chi connectivity index (χ1) is 9.49. The Morgan fingerprint density at radius 1 is 1.55 bits per heavy atom. The third-order valence-corrected chi connectivity index (χ3v) is 3.28. The van der Waals surface area contributed by atoms with Crippen LogP contribution in [0.2, 0.25) is 5.02 Å². The Morgan fingerprint density at radius 3 is 2.95 bits per heavy atom. The van der Waals surface area contributed by atoms with Crippen LogP contribution in [0.4, 0.5) is 0 Å². The average molecular weight is 358 g/mol. The molecule has 0 aliphatic heterocycles. The van der Waals surface area contributed by atoms with E-state index in [0.29, 0.717) is 21.4 Å². The van der Waals surface area contributed by atoms with Crippen molar-refractivity contribution in [3.8, 4) is 5.75 Å². The second kappa shape index (κ2) is 6.11. The lowest BCUT2D eigenvalue weighted by atomic mass is 10.2. The van der Waals surface area contributed by atoms with Gasteiger partial charge in [-0.2, -0.15) is 5.10 Å². The summed E-state index contributed by atoms with van der Waals surface area (Å²) in [4.78, 5) is 11.8. The highest BCUT2D eigenvalue weighted by molar-refractivity contribution is 9.10. The molecule has 0 saturated carbocycles. The Labute approximate surface area is 128 Å². The highest BCUT2D eigenvalue weighted by Crippen LogP contribution is 2.30. The number of nitrogens with zero attached hydrogens (tertiary/aromatic N) is 1. The molecule has 0 aliphatic rings. The van der Waals surface area contributed by atoms with Crippen molar-refractivity contribution in [2.24, 2.45) is 5.10 Å². The van der Waals surface area contributed by atoms with Crippen molar-refractivity contribution < 1.29 is 14.3 Å². The molecule has 0 saturated heterocycles. The number of hydrazone groups is 1. The van der Waals surface area contributed by atoms with E-state index < -0.39 is 5.91 Å². The standard InChI is InChI=1S/C13H10BrClN2O3/c1-7-10(2-3-20-7)13(19)17-16-6-8-4-9(14)5-11(15)12(8)18/h2-6,18H,1H3,(H,17,19)/b16-6+. The molecule has 1 aromatic carbocycles. The molecule has 7 heteroatoms. The summed E-state index contributed by atoms with van der Waals surface area (Å²) in [6, 6.07) is 4.73. The lowest BCUT2D eigenvalue weighted by Crippen LogP contribution is -2.17. The van der Waals surface area contributed by atoms with Crippen molar-refractivity contribution in [3.05, 3.63) is 50.8 Å². The summed E-state index contributed by atoms with van der Waals surface area (Å²) in [5, 5.41) is 13.7. The Hall–Kier alpha value is -1.79. The molecule has 1 heterocycles. The monoisotopic (exact) mass is 356 g/mol. The molecule has 2 aromatic rings. The van der Waals surface area contributed by atoms with Crippen LogP contribution in [0.1, 0.15) is 21.7 Å². The summed E-state index contributed by atoms with van der Waals surface area (Å²) >= 11 is 9.07. The highest BCUT2D eigenvalue weighted by atomic mass is 79.9. The zero-order valence-electron chi connectivity index (χ0n) is 10.4. The van der Waals surface area contributed by atoms with Gasteiger partial charge in [0.25, 0.3) is 5.91 Å². The number of benzene rings is 1. The van der Waals surface area contributed by atoms with Crippen LogP contribution in [0, 0.1) is 6.92 Å². The highest BCUT2D eigenvalue weighted by Gasteiger charge is 2.10. The van der Waals surface area contributed by atoms with Crippen molar-refractivity contribution in [1.29, 1.82) is 0 Å². The first kappa shape index (κ1) is 14.6. The van der Waals surface area contributed by atoms with Gasteiger partial charge in [-0.3, -0.25) is 4.79 Å². The van der Waals surface area contributed by atoms with Gasteiger partial charge < -0.3 is 9.52 Å². The normalized spacial score (nSPS) is 10.9. The second-order valence-electron chi connectivity index (χ2n) is 3.92. The van der Waals surface area contributed by atoms with Crippen LogP contribution in [0.15, 0.2) is 38.5 Å². The lowest BCUT2D eigenvalue weighted by molar-refractivity contribution is 0.0953. The quantitative estimate of drug-likeness (QED) is 0.652. The molecule has 0 radical (unpaired) electrons. The molecule has 1 aromatic heterocycles. The van der Waals surface area contributed by atoms with Gasteiger partial charge >= 0.3 is 0 Å². The fourth-order valence-electron chi connectivity index (χ4n) is 1.53. The number of nitrogens with one attached hydrogen (secondary N) is 1. The van der Waals surface area contributed by atoms with Crippen molar-refractivity contribution in [1.82, 2.24) is 5.43 Å². The summed E-state index contributed by atoms with van der Waals surface area (Å²) in [6.45, 7) is 1.68. The number of phenolic OH excluding ortho intramolecular Hbond substituents is 1. The zero-order valence-corrected chi connectivity index (χ0v) is 12.7. The van der Waals surface area contributed by atoms with Gasteiger partial charge in [-0.25, -0.2) is 5.43 Å². The molecule has 0 spiro atoms. The summed E-state index contributed by atoms with van der Waals surface area (Å²) in [7, 11) is 0. The second-order valence-corrected chi connectivity index (χ2v) is 5.24. The molecular weight excluding hydrogens is 348 g/mol. The number of phenols is 1. The number of halogens is 2. The maximum atomic E-state index is 11.8. The van der Waals surface area contributed by atoms with Crippen LogP contribution in [0.5, 0.6) is 5.75 Å². The molecule has 2 N–H and O–H groups in total. The van der Waals surface area contributed by atoms with E-state index >= 15 is 0 Å². The first-order valence-electron chi connectivity index (χ1n) is 5.54. The maximum absolute atomic E-state index is 11.8. The topological polar surface area (TPSA) is 74.8 Å². The number of aryl methyl sites for hydroxylation is 1. The van der Waals surface area contributed by atoms with Crippen molar-refractivity contribution in [2.75, 3.05) is 0 Å². The lowest BCUT2D eigenvalue weighted by Gasteiger charge is -2.02. The molecule has 0 atom stereocenters. The minimum atomic E-state index is -0.395. The molecule has 0 unspecified atom stereocenters. The van der Waals surface area contributed by atoms with E-state index in [4.69, 9.17) is 16.0 Å². The average Bonchev–Trinajstić information content (AvgIpc) is 2.81. The smallest absolute Gasteiger partial charge is 0.274 e. The number of furan rings is 1. The van der Waals surface area contributed by atoms with E-state index in [2.05, 4.69) is 26.5 Å². The predicted octanol–water partition coefficient (Wildman–Crippen LogP) is 3.47. The fourth-order valence-corrected chi connectivity index (χ4v) is 2.36. The molecule has 1 amide bonds. The van der Waals surface area contributed by atoms with Crippen LogP contribution in [-0.4, -0.2) is 17.2 Å². The van der Waals surface area contributed by atoms with E-state index in [-0.39, 0.29) is 10.8 Å². The number of aromatic hydroxyl groups is 1. The van der Waals surface area contributed by atoms with Gasteiger partial charge in [0.05, 0.1) is 23.1 Å². The van der Waals surface area contributed by atoms with Gasteiger partial charge in [0.1, 0.15) is 11.5 Å². The van der Waals surface area contributed by atoms with Crippen molar-refractivity contribution in [3.63, 3.8) is 0 Å². The number of carbonyl (C=O) groups excluding carboxylic acids is 1. The SMILES string of the molecule is Cc1occc1C(=O)N/N=C/c1cc(Br)cc(Cl)c1O. The number of amides is 1. The number of rotatable bonds is 3. The van der Waals surface area contributed by atoms with Crippen molar-refractivity contribution in [2.45, 2.75) is 6.92 Å². The largest absolute Gasteiger partial charge is 0.506 e. The Morgan fingerprint density at radius 2 is 2.30 bits per heavy atom. The summed E-state index contributed by atoms with van der Waals surface area (Å²) in [5.41, 5.74) is 3.13. The number of hydrogen-bond acceptors (Lipinski definition) is 4. The number of carbonyl (C=O) groups is 1. The van der Waals surface area contributed by atoms with Gasteiger partial charge in [0.15, 0.2) is 0 Å². The third-order valence-electron chi connectivity index (χ3n) is 2.53. The van der Waals surface area contributed by atoms with Gasteiger partial charge in [-0.1, -0.05) is 27.5 Å². The van der Waals surface area contributed by atoms with Crippen LogP contribution in [-0.2, 0) is 0 Å². The summed E-state index contributed by atoms with van der Waals surface area (Å²) < 4.78 is 5.72. The van der Waals surface area contributed by atoms with E-state index in [1.165, 1.54) is 12.5 Å². The molecule has 0 fully saturated rings. The molecule has 5 nitrogen and oxygen atoms in total. The minimum Gasteiger partial charge on any atom is -0.506 e. The Bertz CT molecular complexity index is 682. The third kappa shape index (κ3) is 3.20. The molecule has 0 aliphatic carbocycles. The van der Waals surface area contributed by atoms with Crippen LogP contribution < -0.4 is 5.43 Å². The molecule has 104 valence electrons. The molecule has 2 rings (SSSR count). The van der Waals surface area contributed by atoms with E-state index in [0.717, 1.165) is 0 Å². The van der Waals surface area contributed by atoms with Gasteiger partial charge in [0, 0.05) is 10.0 Å². The minimum absolute atomic E-state index is 0.104. The first-order valence-corrected chi connectivity index (χ1v) is 6.71. The van der Waals surface area contributed by atoms with Gasteiger partial charge in [-0.05, 0) is 25.1 Å². The van der Waals surface area contributed by atoms with E-state index in [9.17, 15) is 9.90 Å². The van der Waals surface area contributed by atoms with E-state index in [1.54, 1.807) is 25.1 Å². The fraction of sp³-hybridized carbons (Fsp3) is 0.0769. The predicted molar refractivity (Wildman–Crippen MR) is 79.3 cm³/mol. The van der Waals surface area contributed by atoms with E-state index in [1.807, 2.05) is 0 Å². The molecule has 0 bridgehead atoms. The van der Waals surface area contributed by atoms with Gasteiger partial charge in [-0.15, -0.1) is 0 Å². The Balaban J connectivity index is 2.11. The zero-order chi connectivity index (χ0) is 14.7. The Kier molecular flexibility index (Phi) is 4.46. The molecular formula is C13H10BrClN2O3. The maximum Gasteiger partial charge on any atom is 0.274 e.